The molecule has 2 heteroatoms. The maximum Gasteiger partial charge on any atom is 0.0896 e. The van der Waals surface area contributed by atoms with Crippen LogP contribution >= 0.6 is 0 Å². The SMILES string of the molecule is BBC(C)(CC)CC. The smallest absolute Gasteiger partial charge is 0.0673 e. The van der Waals surface area contributed by atoms with Gasteiger partial charge in [-0.15, -0.1) is 0 Å². The Morgan fingerprint density at radius 3 is 1.75 bits per heavy atom. The summed E-state index contributed by atoms with van der Waals surface area (Å²) in [5, 5.41) is 0.625. The van der Waals surface area contributed by atoms with Crippen molar-refractivity contribution in [1.82, 2.24) is 0 Å². The predicted octanol–water partition coefficient (Wildman–Crippen LogP) is 0.970. The molecule has 0 spiro atoms. The maximum atomic E-state index is 2.35. The lowest BCUT2D eigenvalue weighted by molar-refractivity contribution is 0.568. The van der Waals surface area contributed by atoms with Crippen LogP contribution in [0.2, 0.25) is 5.31 Å². The van der Waals surface area contributed by atoms with Crippen LogP contribution < -0.4 is 0 Å². The third-order valence-electron chi connectivity index (χ3n) is 2.56. The summed E-state index contributed by atoms with van der Waals surface area (Å²) in [6.07, 6.45) is 2.64. The third-order valence-corrected chi connectivity index (χ3v) is 2.56. The van der Waals surface area contributed by atoms with Crippen LogP contribution in [0.5, 0.6) is 0 Å². The van der Waals surface area contributed by atoms with E-state index < -0.39 is 0 Å². The lowest BCUT2D eigenvalue weighted by atomic mass is 9.38. The van der Waals surface area contributed by atoms with Gasteiger partial charge in [-0.1, -0.05) is 38.9 Å². The molecule has 0 aromatic carbocycles. The van der Waals surface area contributed by atoms with Crippen LogP contribution in [-0.2, 0) is 0 Å². The van der Waals surface area contributed by atoms with Crippen molar-refractivity contribution in [2.24, 2.45) is 0 Å². The molecule has 0 aliphatic rings. The summed E-state index contributed by atoms with van der Waals surface area (Å²) in [5.41, 5.74) is 0. The molecule has 0 unspecified atom stereocenters. The molecule has 0 aromatic heterocycles. The molecule has 0 aliphatic carbocycles. The molecule has 0 fully saturated rings. The second kappa shape index (κ2) is 3.21. The average molecular weight is 110 g/mol. The average Bonchev–Trinajstić information content (AvgIpc) is 1.87. The van der Waals surface area contributed by atoms with E-state index in [4.69, 9.17) is 0 Å². The van der Waals surface area contributed by atoms with Crippen LogP contribution in [0.1, 0.15) is 33.6 Å². The van der Waals surface area contributed by atoms with E-state index in [1.54, 1.807) is 0 Å². The predicted molar refractivity (Wildman–Crippen MR) is 44.6 cm³/mol. The zero-order valence-corrected chi connectivity index (χ0v) is 6.62. The Bertz CT molecular complexity index is 49.3. The van der Waals surface area contributed by atoms with E-state index in [1.165, 1.54) is 20.0 Å². The molecule has 0 heterocycles. The summed E-state index contributed by atoms with van der Waals surface area (Å²) in [7, 11) is 3.59. The Hall–Kier alpha value is 0.130. The summed E-state index contributed by atoms with van der Waals surface area (Å²) in [4.78, 5) is 0. The molecule has 0 aromatic rings. The van der Waals surface area contributed by atoms with Crippen molar-refractivity contribution in [3.05, 3.63) is 0 Å². The Morgan fingerprint density at radius 2 is 1.75 bits per heavy atom. The number of hydrogen-bond donors (Lipinski definition) is 0. The van der Waals surface area contributed by atoms with Crippen molar-refractivity contribution in [1.29, 1.82) is 0 Å². The molecule has 0 nitrogen and oxygen atoms in total. The van der Waals surface area contributed by atoms with Crippen LogP contribution in [-0.4, -0.2) is 14.9 Å². The van der Waals surface area contributed by atoms with Gasteiger partial charge in [0.15, 0.2) is 0 Å². The van der Waals surface area contributed by atoms with Gasteiger partial charge in [-0.2, -0.15) is 0 Å². The standard InChI is InChI=1S/C6H16B2/c1-4-6(3,5-2)8-7/h8H,4-5,7H2,1-3H3. The lowest BCUT2D eigenvalue weighted by Gasteiger charge is -2.23. The molecule has 0 N–H and O–H groups in total. The van der Waals surface area contributed by atoms with Gasteiger partial charge in [0, 0.05) is 0 Å². The minimum absolute atomic E-state index is 0.625. The molecule has 46 valence electrons. The molecular formula is C6H16B2. The van der Waals surface area contributed by atoms with E-state index in [1.807, 2.05) is 0 Å². The van der Waals surface area contributed by atoms with Gasteiger partial charge in [-0.25, -0.2) is 0 Å². The first-order chi connectivity index (χ1) is 3.68. The van der Waals surface area contributed by atoms with Gasteiger partial charge in [0.1, 0.15) is 0 Å². The van der Waals surface area contributed by atoms with Gasteiger partial charge in [0.25, 0.3) is 0 Å². The second-order valence-corrected chi connectivity index (χ2v) is 2.87. The molecule has 0 radical (unpaired) electrons. The molecule has 0 saturated carbocycles. The fourth-order valence-electron chi connectivity index (χ4n) is 0.750. The van der Waals surface area contributed by atoms with Crippen LogP contribution in [0.25, 0.3) is 0 Å². The van der Waals surface area contributed by atoms with Crippen molar-refractivity contribution >= 4 is 14.9 Å². The Labute approximate surface area is 54.7 Å². The second-order valence-electron chi connectivity index (χ2n) is 2.87. The molecule has 8 heavy (non-hydrogen) atoms. The van der Waals surface area contributed by atoms with E-state index >= 15 is 0 Å². The zero-order valence-electron chi connectivity index (χ0n) is 6.62. The first-order valence-electron chi connectivity index (χ1n) is 3.68. The monoisotopic (exact) mass is 110 g/mol. The van der Waals surface area contributed by atoms with Crippen molar-refractivity contribution in [3.63, 3.8) is 0 Å². The molecular weight excluding hydrogens is 93.7 g/mol. The van der Waals surface area contributed by atoms with Gasteiger partial charge in [-0.3, -0.25) is 0 Å². The minimum Gasteiger partial charge on any atom is -0.0673 e. The van der Waals surface area contributed by atoms with Crippen molar-refractivity contribution in [3.8, 4) is 0 Å². The van der Waals surface area contributed by atoms with E-state index in [0.29, 0.717) is 5.31 Å². The van der Waals surface area contributed by atoms with Crippen LogP contribution in [0, 0.1) is 0 Å². The molecule has 0 saturated heterocycles. The molecule has 0 amide bonds. The molecule has 0 aliphatic heterocycles. The van der Waals surface area contributed by atoms with Gasteiger partial charge < -0.3 is 0 Å². The maximum absolute atomic E-state index is 2.35. The number of rotatable bonds is 3. The van der Waals surface area contributed by atoms with Crippen molar-refractivity contribution < 1.29 is 0 Å². The highest BCUT2D eigenvalue weighted by Gasteiger charge is 2.16. The summed E-state index contributed by atoms with van der Waals surface area (Å²) >= 11 is 0. The van der Waals surface area contributed by atoms with E-state index in [0.717, 1.165) is 0 Å². The van der Waals surface area contributed by atoms with Crippen LogP contribution in [0.15, 0.2) is 0 Å². The summed E-state index contributed by atoms with van der Waals surface area (Å²) in [5.74, 6) is 0. The lowest BCUT2D eigenvalue weighted by Crippen LogP contribution is -2.14. The Morgan fingerprint density at radius 1 is 1.38 bits per heavy atom. The van der Waals surface area contributed by atoms with Crippen LogP contribution in [0.4, 0.5) is 0 Å². The third kappa shape index (κ3) is 1.94. The van der Waals surface area contributed by atoms with Crippen molar-refractivity contribution in [2.75, 3.05) is 0 Å². The van der Waals surface area contributed by atoms with Gasteiger partial charge >= 0.3 is 0 Å². The molecule has 0 bridgehead atoms. The summed E-state index contributed by atoms with van der Waals surface area (Å²) in [6.45, 7) is 6.90. The largest absolute Gasteiger partial charge is 0.0896 e. The highest BCUT2D eigenvalue weighted by molar-refractivity contribution is 6.91. The topological polar surface area (TPSA) is 0 Å². The number of hydrogen-bond acceptors (Lipinski definition) is 0. The quantitative estimate of drug-likeness (QED) is 0.474. The normalized spacial score (nSPS) is 11.4. The Balaban J connectivity index is 3.58. The summed E-state index contributed by atoms with van der Waals surface area (Å²) in [6, 6.07) is 0. The molecule has 0 atom stereocenters. The Kier molecular flexibility index (Phi) is 3.27. The first kappa shape index (κ1) is 8.13. The van der Waals surface area contributed by atoms with Gasteiger partial charge in [-0.05, 0) is 0 Å². The molecule has 0 rings (SSSR count). The summed E-state index contributed by atoms with van der Waals surface area (Å²) < 4.78 is 0. The van der Waals surface area contributed by atoms with Crippen molar-refractivity contribution in [2.45, 2.75) is 38.9 Å². The van der Waals surface area contributed by atoms with Gasteiger partial charge in [0.2, 0.25) is 0 Å². The first-order valence-corrected chi connectivity index (χ1v) is 3.68. The highest BCUT2D eigenvalue weighted by Crippen LogP contribution is 2.30. The fraction of sp³-hybridized carbons (Fsp3) is 1.00. The van der Waals surface area contributed by atoms with E-state index in [9.17, 15) is 0 Å². The van der Waals surface area contributed by atoms with Gasteiger partial charge in [0.05, 0.1) is 14.9 Å². The van der Waals surface area contributed by atoms with E-state index in [-0.39, 0.29) is 0 Å². The fourth-order valence-corrected chi connectivity index (χ4v) is 0.750. The van der Waals surface area contributed by atoms with E-state index in [2.05, 4.69) is 28.5 Å². The van der Waals surface area contributed by atoms with Crippen LogP contribution in [0.3, 0.4) is 0 Å². The zero-order chi connectivity index (χ0) is 6.62. The minimum atomic E-state index is 0.625. The highest BCUT2D eigenvalue weighted by atomic mass is 14.1.